The Kier molecular flexibility index (Phi) is 2.52. The first-order valence-corrected chi connectivity index (χ1v) is 8.25. The monoisotopic (exact) mass is 292 g/mol. The smallest absolute Gasteiger partial charge is 0.134 e. The molecule has 0 amide bonds. The highest BCUT2D eigenvalue weighted by molar-refractivity contribution is 5.57. The minimum atomic E-state index is 0.490. The molecule has 2 atom stereocenters. The molecule has 1 aliphatic heterocycles. The SMILES string of the molecule is Cc1nc(NC2CC2)cc(N2C[C@H]3C[C@H]2c2ccccc23)n1. The van der Waals surface area contributed by atoms with Crippen LogP contribution in [0, 0.1) is 6.92 Å². The summed E-state index contributed by atoms with van der Waals surface area (Å²) in [7, 11) is 0. The van der Waals surface area contributed by atoms with Crippen LogP contribution in [0.2, 0.25) is 0 Å². The third-order valence-corrected chi connectivity index (χ3v) is 5.14. The fourth-order valence-corrected chi connectivity index (χ4v) is 4.01. The molecule has 2 bridgehead atoms. The first kappa shape index (κ1) is 12.4. The van der Waals surface area contributed by atoms with Gasteiger partial charge in [-0.3, -0.25) is 0 Å². The Morgan fingerprint density at radius 3 is 2.77 bits per heavy atom. The highest BCUT2D eigenvalue weighted by Gasteiger charge is 2.42. The van der Waals surface area contributed by atoms with E-state index in [0.717, 1.165) is 24.0 Å². The molecule has 0 radical (unpaired) electrons. The number of rotatable bonds is 3. The number of aryl methyl sites for hydroxylation is 1. The Morgan fingerprint density at radius 2 is 1.95 bits per heavy atom. The van der Waals surface area contributed by atoms with E-state index in [1.165, 1.54) is 24.8 Å². The summed E-state index contributed by atoms with van der Waals surface area (Å²) in [5.41, 5.74) is 3.04. The fraction of sp³-hybridized carbons (Fsp3) is 0.444. The Hall–Kier alpha value is -2.10. The van der Waals surface area contributed by atoms with Gasteiger partial charge in [-0.15, -0.1) is 0 Å². The number of hydrogen-bond acceptors (Lipinski definition) is 4. The van der Waals surface area contributed by atoms with E-state index in [2.05, 4.69) is 45.5 Å². The standard InChI is InChI=1S/C18H20N4/c1-11-19-17(21-13-6-7-13)9-18(20-11)22-10-12-8-16(22)15-5-3-2-4-14(12)15/h2-5,9,12-13,16H,6-8,10H2,1H3,(H,19,20,21)/t12-,16+/m1/s1. The number of nitrogens with one attached hydrogen (secondary N) is 1. The van der Waals surface area contributed by atoms with Crippen LogP contribution < -0.4 is 10.2 Å². The summed E-state index contributed by atoms with van der Waals surface area (Å²) in [6.07, 6.45) is 3.76. The molecule has 1 saturated heterocycles. The van der Waals surface area contributed by atoms with E-state index in [1.807, 2.05) is 6.92 Å². The Labute approximate surface area is 130 Å². The number of aromatic nitrogens is 2. The van der Waals surface area contributed by atoms with Crippen LogP contribution >= 0.6 is 0 Å². The molecule has 1 aromatic carbocycles. The van der Waals surface area contributed by atoms with Gasteiger partial charge in [0, 0.05) is 24.6 Å². The second kappa shape index (κ2) is 4.45. The third-order valence-electron chi connectivity index (χ3n) is 5.14. The fourth-order valence-electron chi connectivity index (χ4n) is 4.01. The largest absolute Gasteiger partial charge is 0.367 e. The molecule has 1 aromatic heterocycles. The highest BCUT2D eigenvalue weighted by Crippen LogP contribution is 2.51. The van der Waals surface area contributed by atoms with Crippen molar-refractivity contribution >= 4 is 11.6 Å². The van der Waals surface area contributed by atoms with Crippen molar-refractivity contribution in [1.29, 1.82) is 0 Å². The van der Waals surface area contributed by atoms with E-state index in [1.54, 1.807) is 5.56 Å². The van der Waals surface area contributed by atoms with E-state index < -0.39 is 0 Å². The summed E-state index contributed by atoms with van der Waals surface area (Å²) in [6, 6.07) is 12.1. The molecule has 0 unspecified atom stereocenters. The van der Waals surface area contributed by atoms with Crippen molar-refractivity contribution in [1.82, 2.24) is 9.97 Å². The molecule has 112 valence electrons. The predicted octanol–water partition coefficient (Wildman–Crippen LogP) is 3.41. The van der Waals surface area contributed by atoms with Crippen LogP contribution in [0.1, 0.15) is 48.2 Å². The van der Waals surface area contributed by atoms with Crippen molar-refractivity contribution in [2.24, 2.45) is 0 Å². The molecule has 2 aliphatic carbocycles. The van der Waals surface area contributed by atoms with E-state index in [9.17, 15) is 0 Å². The molecule has 1 N–H and O–H groups in total. The van der Waals surface area contributed by atoms with Crippen LogP contribution in [0.25, 0.3) is 0 Å². The summed E-state index contributed by atoms with van der Waals surface area (Å²) < 4.78 is 0. The van der Waals surface area contributed by atoms with Gasteiger partial charge in [0.15, 0.2) is 0 Å². The Balaban J connectivity index is 1.50. The highest BCUT2D eigenvalue weighted by atomic mass is 15.3. The molecule has 4 nitrogen and oxygen atoms in total. The van der Waals surface area contributed by atoms with Gasteiger partial charge in [0.1, 0.15) is 17.5 Å². The first-order chi connectivity index (χ1) is 10.8. The van der Waals surface area contributed by atoms with Crippen molar-refractivity contribution in [3.8, 4) is 0 Å². The second-order valence-electron chi connectivity index (χ2n) is 6.81. The molecule has 0 spiro atoms. The minimum Gasteiger partial charge on any atom is -0.367 e. The average molecular weight is 292 g/mol. The zero-order valence-corrected chi connectivity index (χ0v) is 12.8. The maximum atomic E-state index is 4.71. The van der Waals surface area contributed by atoms with Crippen molar-refractivity contribution in [2.75, 3.05) is 16.8 Å². The van der Waals surface area contributed by atoms with E-state index in [0.29, 0.717) is 18.0 Å². The lowest BCUT2D eigenvalue weighted by Crippen LogP contribution is -2.28. The molecular formula is C18H20N4. The maximum Gasteiger partial charge on any atom is 0.134 e. The summed E-state index contributed by atoms with van der Waals surface area (Å²) >= 11 is 0. The van der Waals surface area contributed by atoms with Gasteiger partial charge in [-0.05, 0) is 37.3 Å². The third kappa shape index (κ3) is 1.90. The summed E-state index contributed by atoms with van der Waals surface area (Å²) in [6.45, 7) is 3.07. The lowest BCUT2D eigenvalue weighted by molar-refractivity contribution is 0.726. The first-order valence-electron chi connectivity index (χ1n) is 8.25. The van der Waals surface area contributed by atoms with Crippen LogP contribution in [-0.2, 0) is 0 Å². The molecule has 4 heteroatoms. The van der Waals surface area contributed by atoms with Crippen molar-refractivity contribution in [3.63, 3.8) is 0 Å². The van der Waals surface area contributed by atoms with Gasteiger partial charge < -0.3 is 10.2 Å². The van der Waals surface area contributed by atoms with Crippen molar-refractivity contribution < 1.29 is 0 Å². The lowest BCUT2D eigenvalue weighted by atomic mass is 9.99. The van der Waals surface area contributed by atoms with E-state index in [-0.39, 0.29) is 0 Å². The van der Waals surface area contributed by atoms with Crippen molar-refractivity contribution in [2.45, 2.75) is 44.2 Å². The predicted molar refractivity (Wildman–Crippen MR) is 87.3 cm³/mol. The minimum absolute atomic E-state index is 0.490. The molecule has 1 saturated carbocycles. The summed E-state index contributed by atoms with van der Waals surface area (Å²) in [5, 5.41) is 3.51. The topological polar surface area (TPSA) is 41.1 Å². The van der Waals surface area contributed by atoms with Crippen LogP contribution in [0.15, 0.2) is 30.3 Å². The maximum absolute atomic E-state index is 4.71. The molecule has 2 aromatic rings. The quantitative estimate of drug-likeness (QED) is 0.941. The zero-order valence-electron chi connectivity index (χ0n) is 12.8. The van der Waals surface area contributed by atoms with Crippen LogP contribution in [0.5, 0.6) is 0 Å². The number of nitrogens with zero attached hydrogens (tertiary/aromatic N) is 3. The Morgan fingerprint density at radius 1 is 1.14 bits per heavy atom. The van der Waals surface area contributed by atoms with E-state index in [4.69, 9.17) is 4.98 Å². The average Bonchev–Trinajstić information content (AvgIpc) is 3.12. The van der Waals surface area contributed by atoms with Gasteiger partial charge in [-0.2, -0.15) is 0 Å². The van der Waals surface area contributed by atoms with Crippen molar-refractivity contribution in [3.05, 3.63) is 47.3 Å². The molecule has 2 heterocycles. The zero-order chi connectivity index (χ0) is 14.7. The van der Waals surface area contributed by atoms with Gasteiger partial charge in [-0.1, -0.05) is 24.3 Å². The van der Waals surface area contributed by atoms with Gasteiger partial charge in [0.05, 0.1) is 6.04 Å². The second-order valence-corrected chi connectivity index (χ2v) is 6.81. The molecule has 2 fully saturated rings. The lowest BCUT2D eigenvalue weighted by Gasteiger charge is -2.30. The van der Waals surface area contributed by atoms with Crippen LogP contribution in [-0.4, -0.2) is 22.6 Å². The summed E-state index contributed by atoms with van der Waals surface area (Å²) in [4.78, 5) is 11.7. The number of fused-ring (bicyclic) bond motifs is 5. The normalized spacial score (nSPS) is 25.4. The van der Waals surface area contributed by atoms with Crippen LogP contribution in [0.4, 0.5) is 11.6 Å². The number of hydrogen-bond donors (Lipinski definition) is 1. The van der Waals surface area contributed by atoms with E-state index >= 15 is 0 Å². The van der Waals surface area contributed by atoms with Gasteiger partial charge in [-0.25, -0.2) is 9.97 Å². The molecule has 22 heavy (non-hydrogen) atoms. The van der Waals surface area contributed by atoms with Crippen LogP contribution in [0.3, 0.4) is 0 Å². The summed E-state index contributed by atoms with van der Waals surface area (Å²) in [5.74, 6) is 3.59. The Bertz CT molecular complexity index is 738. The molecule has 5 rings (SSSR count). The van der Waals surface area contributed by atoms with Gasteiger partial charge in [0.2, 0.25) is 0 Å². The number of benzene rings is 1. The molecule has 3 aliphatic rings. The van der Waals surface area contributed by atoms with Gasteiger partial charge >= 0.3 is 0 Å². The van der Waals surface area contributed by atoms with Gasteiger partial charge in [0.25, 0.3) is 0 Å². The number of anilines is 2. The molecular weight excluding hydrogens is 272 g/mol.